The van der Waals surface area contributed by atoms with Crippen molar-refractivity contribution >= 4 is 45.5 Å². The number of nitrogens with zero attached hydrogens (tertiary/aromatic N) is 2. The molecule has 1 aliphatic heterocycles. The summed E-state index contributed by atoms with van der Waals surface area (Å²) >= 11 is 0. The summed E-state index contributed by atoms with van der Waals surface area (Å²) in [6.45, 7) is 3.65. The molecule has 0 bridgehead atoms. The molecule has 0 fully saturated rings. The van der Waals surface area contributed by atoms with Crippen LogP contribution in [0.15, 0.2) is 41.5 Å². The van der Waals surface area contributed by atoms with Gasteiger partial charge in [0.2, 0.25) is 5.78 Å². The number of aliphatic hydroxyl groups is 1. The van der Waals surface area contributed by atoms with Crippen LogP contribution >= 0.6 is 0 Å². The number of ketones is 1. The van der Waals surface area contributed by atoms with Gasteiger partial charge >= 0.3 is 0 Å². The molecule has 2 aliphatic rings. The molecule has 10 heteroatoms. The molecule has 0 saturated carbocycles. The topological polar surface area (TPSA) is 87.6 Å². The minimum atomic E-state index is -2.18. The van der Waals surface area contributed by atoms with Crippen LogP contribution in [-0.2, 0) is 9.59 Å². The van der Waals surface area contributed by atoms with E-state index in [1.807, 2.05) is 6.92 Å². The molecular formula is C27H18F4N2O4. The van der Waals surface area contributed by atoms with E-state index in [4.69, 9.17) is 0 Å². The van der Waals surface area contributed by atoms with Gasteiger partial charge in [-0.2, -0.15) is 0 Å². The third kappa shape index (κ3) is 3.32. The van der Waals surface area contributed by atoms with Crippen molar-refractivity contribution in [3.05, 3.63) is 81.6 Å². The molecule has 2 heterocycles. The van der Waals surface area contributed by atoms with E-state index < -0.39 is 63.3 Å². The average Bonchev–Trinajstić information content (AvgIpc) is 3.29. The largest absolute Gasteiger partial charge is 0.506 e. The van der Waals surface area contributed by atoms with Crippen molar-refractivity contribution in [2.75, 3.05) is 4.90 Å². The predicted octanol–water partition coefficient (Wildman–Crippen LogP) is 5.79. The maximum Gasteiger partial charge on any atom is 0.261 e. The zero-order valence-corrected chi connectivity index (χ0v) is 19.6. The van der Waals surface area contributed by atoms with Gasteiger partial charge in [0, 0.05) is 16.5 Å². The highest BCUT2D eigenvalue weighted by Gasteiger charge is 2.41. The van der Waals surface area contributed by atoms with E-state index in [2.05, 4.69) is 4.98 Å². The Hall–Kier alpha value is -4.34. The fourth-order valence-electron chi connectivity index (χ4n) is 4.83. The standard InChI is InChI=1S/C27H18F4N2O4/c1-3-6-13-12(4-2)26(36)33(27(13)37)15-8-5-7-11-9-10-14(32-23(11)15)16-24(34)17-18(25(16)35)20(29)22(31)21(30)19(17)28/h5,7-10,34H,3-4,6H2,1-2H3. The number of aromatic nitrogens is 1. The second kappa shape index (κ2) is 8.65. The van der Waals surface area contributed by atoms with Gasteiger partial charge in [-0.25, -0.2) is 27.4 Å². The fraction of sp³-hybridized carbons (Fsp3) is 0.185. The van der Waals surface area contributed by atoms with Crippen molar-refractivity contribution in [1.82, 2.24) is 4.98 Å². The van der Waals surface area contributed by atoms with Crippen LogP contribution in [0.4, 0.5) is 23.2 Å². The lowest BCUT2D eigenvalue weighted by atomic mass is 10.0. The first-order valence-electron chi connectivity index (χ1n) is 11.5. The number of hydrogen-bond donors (Lipinski definition) is 1. The number of anilines is 1. The van der Waals surface area contributed by atoms with E-state index in [9.17, 15) is 37.1 Å². The average molecular weight is 510 g/mol. The third-order valence-electron chi connectivity index (χ3n) is 6.53. The van der Waals surface area contributed by atoms with Crippen molar-refractivity contribution in [2.45, 2.75) is 33.1 Å². The Bertz CT molecular complexity index is 1640. The van der Waals surface area contributed by atoms with Crippen LogP contribution < -0.4 is 4.90 Å². The maximum absolute atomic E-state index is 14.4. The zero-order chi connectivity index (χ0) is 26.8. The number of para-hydroxylation sites is 1. The number of rotatable bonds is 5. The third-order valence-corrected chi connectivity index (χ3v) is 6.53. The molecule has 1 aromatic heterocycles. The van der Waals surface area contributed by atoms with E-state index in [0.717, 1.165) is 4.90 Å². The minimum Gasteiger partial charge on any atom is -0.506 e. The van der Waals surface area contributed by atoms with E-state index >= 15 is 0 Å². The van der Waals surface area contributed by atoms with Crippen LogP contribution in [-0.4, -0.2) is 27.7 Å². The maximum atomic E-state index is 14.4. The molecule has 188 valence electrons. The van der Waals surface area contributed by atoms with E-state index in [1.165, 1.54) is 18.2 Å². The SMILES string of the molecule is CCCC1=C(CC)C(=O)N(c2cccc3ccc(C4=C(O)c5c(F)c(F)c(F)c(F)c5C4=O)nc23)C1=O. The summed E-state index contributed by atoms with van der Waals surface area (Å²) < 4.78 is 56.4. The number of carbonyl (C=O) groups is 3. The van der Waals surface area contributed by atoms with Crippen molar-refractivity contribution < 1.29 is 37.1 Å². The number of Topliss-reactive ketones (excluding diaryl/α,β-unsaturated/α-hetero) is 1. The molecular weight excluding hydrogens is 492 g/mol. The fourth-order valence-corrected chi connectivity index (χ4v) is 4.83. The number of halogens is 4. The van der Waals surface area contributed by atoms with Crippen molar-refractivity contribution in [3.8, 4) is 0 Å². The molecule has 3 aromatic rings. The molecule has 2 aromatic carbocycles. The highest BCUT2D eigenvalue weighted by Crippen LogP contribution is 2.42. The number of allylic oxidation sites excluding steroid dienone is 1. The molecule has 6 nitrogen and oxygen atoms in total. The van der Waals surface area contributed by atoms with E-state index in [0.29, 0.717) is 35.8 Å². The van der Waals surface area contributed by atoms with Crippen LogP contribution in [0.25, 0.3) is 22.2 Å². The summed E-state index contributed by atoms with van der Waals surface area (Å²) in [5, 5.41) is 11.0. The minimum absolute atomic E-state index is 0.0947. The number of fused-ring (bicyclic) bond motifs is 2. The lowest BCUT2D eigenvalue weighted by molar-refractivity contribution is -0.120. The lowest BCUT2D eigenvalue weighted by Gasteiger charge is -2.17. The monoisotopic (exact) mass is 510 g/mol. The molecule has 0 spiro atoms. The Morgan fingerprint density at radius 1 is 0.838 bits per heavy atom. The summed E-state index contributed by atoms with van der Waals surface area (Å²) in [5.41, 5.74) is -2.19. The van der Waals surface area contributed by atoms with Crippen LogP contribution in [0, 0.1) is 23.3 Å². The molecule has 37 heavy (non-hydrogen) atoms. The first-order chi connectivity index (χ1) is 17.6. The number of benzene rings is 2. The molecule has 1 aliphatic carbocycles. The number of hydrogen-bond acceptors (Lipinski definition) is 5. The molecule has 0 unspecified atom stereocenters. The Kier molecular flexibility index (Phi) is 5.69. The van der Waals surface area contributed by atoms with Gasteiger partial charge in [0.1, 0.15) is 5.76 Å². The summed E-state index contributed by atoms with van der Waals surface area (Å²) in [4.78, 5) is 44.7. The van der Waals surface area contributed by atoms with Crippen LogP contribution in [0.1, 0.15) is 54.7 Å². The number of aliphatic hydroxyl groups excluding tert-OH is 1. The van der Waals surface area contributed by atoms with E-state index in [-0.39, 0.29) is 16.9 Å². The number of imide groups is 1. The summed E-state index contributed by atoms with van der Waals surface area (Å²) in [5.74, 6) is -11.6. The summed E-state index contributed by atoms with van der Waals surface area (Å²) in [6.07, 6.45) is 1.40. The van der Waals surface area contributed by atoms with Crippen molar-refractivity contribution in [1.29, 1.82) is 0 Å². The molecule has 0 saturated heterocycles. The molecule has 0 radical (unpaired) electrons. The van der Waals surface area contributed by atoms with Gasteiger partial charge in [-0.05, 0) is 25.0 Å². The first-order valence-corrected chi connectivity index (χ1v) is 11.5. The zero-order valence-electron chi connectivity index (χ0n) is 19.6. The highest BCUT2D eigenvalue weighted by molar-refractivity contribution is 6.39. The number of amides is 2. The summed E-state index contributed by atoms with van der Waals surface area (Å²) in [6, 6.07) is 7.46. The van der Waals surface area contributed by atoms with Gasteiger partial charge in [0.15, 0.2) is 23.3 Å². The van der Waals surface area contributed by atoms with Gasteiger partial charge in [0.05, 0.1) is 33.6 Å². The molecule has 1 N–H and O–H groups in total. The Morgan fingerprint density at radius 2 is 1.49 bits per heavy atom. The quantitative estimate of drug-likeness (QED) is 0.203. The van der Waals surface area contributed by atoms with E-state index in [1.54, 1.807) is 19.1 Å². The summed E-state index contributed by atoms with van der Waals surface area (Å²) in [7, 11) is 0. The lowest BCUT2D eigenvalue weighted by Crippen LogP contribution is -2.32. The normalized spacial score (nSPS) is 15.6. The molecule has 2 amide bonds. The second-order valence-electron chi connectivity index (χ2n) is 8.61. The number of carbonyl (C=O) groups excluding carboxylic acids is 3. The van der Waals surface area contributed by atoms with Gasteiger partial charge in [-0.1, -0.05) is 38.5 Å². The Balaban J connectivity index is 1.68. The van der Waals surface area contributed by atoms with Gasteiger partial charge in [-0.15, -0.1) is 0 Å². The van der Waals surface area contributed by atoms with Crippen molar-refractivity contribution in [2.24, 2.45) is 0 Å². The highest BCUT2D eigenvalue weighted by atomic mass is 19.2. The predicted molar refractivity (Wildman–Crippen MR) is 127 cm³/mol. The number of pyridine rings is 1. The van der Waals surface area contributed by atoms with Gasteiger partial charge in [0.25, 0.3) is 11.8 Å². The van der Waals surface area contributed by atoms with Gasteiger partial charge < -0.3 is 5.11 Å². The van der Waals surface area contributed by atoms with Gasteiger partial charge in [-0.3, -0.25) is 14.4 Å². The first kappa shape index (κ1) is 24.4. The van der Waals surface area contributed by atoms with Crippen LogP contribution in [0.2, 0.25) is 0 Å². The molecule has 5 rings (SSSR count). The van der Waals surface area contributed by atoms with Crippen LogP contribution in [0.5, 0.6) is 0 Å². The van der Waals surface area contributed by atoms with Crippen LogP contribution in [0.3, 0.4) is 0 Å². The smallest absolute Gasteiger partial charge is 0.261 e. The Labute approximate surface area is 207 Å². The van der Waals surface area contributed by atoms with Crippen molar-refractivity contribution in [3.63, 3.8) is 0 Å². The Morgan fingerprint density at radius 3 is 2.14 bits per heavy atom. The molecule has 0 atom stereocenters. The second-order valence-corrected chi connectivity index (χ2v) is 8.61.